The fourth-order valence-electron chi connectivity index (χ4n) is 3.41. The lowest BCUT2D eigenvalue weighted by atomic mass is 10.1. The predicted molar refractivity (Wildman–Crippen MR) is 112 cm³/mol. The van der Waals surface area contributed by atoms with Gasteiger partial charge in [-0.1, -0.05) is 36.4 Å². The largest absolute Gasteiger partial charge is 0.371 e. The van der Waals surface area contributed by atoms with E-state index in [1.54, 1.807) is 24.1 Å². The molecule has 2 aromatic rings. The van der Waals surface area contributed by atoms with Crippen LogP contribution in [0.4, 0.5) is 10.5 Å². The van der Waals surface area contributed by atoms with Crippen LogP contribution < -0.4 is 15.5 Å². The summed E-state index contributed by atoms with van der Waals surface area (Å²) in [5.41, 5.74) is 2.98. The van der Waals surface area contributed by atoms with Gasteiger partial charge < -0.3 is 20.4 Å². The average Bonchev–Trinajstić information content (AvgIpc) is 3.26. The molecule has 0 aromatic heterocycles. The lowest BCUT2D eigenvalue weighted by Gasteiger charge is -2.24. The lowest BCUT2D eigenvalue weighted by molar-refractivity contribution is 0.0953. The van der Waals surface area contributed by atoms with E-state index in [0.29, 0.717) is 25.2 Å². The van der Waals surface area contributed by atoms with Gasteiger partial charge in [0.1, 0.15) is 0 Å². The van der Waals surface area contributed by atoms with E-state index in [1.807, 2.05) is 30.3 Å². The van der Waals surface area contributed by atoms with E-state index < -0.39 is 0 Å². The van der Waals surface area contributed by atoms with Crippen molar-refractivity contribution in [2.45, 2.75) is 19.4 Å². The smallest absolute Gasteiger partial charge is 0.317 e. The van der Waals surface area contributed by atoms with E-state index in [9.17, 15) is 9.59 Å². The molecule has 0 bridgehead atoms. The molecular formula is C22H28N4O2. The molecule has 1 aliphatic heterocycles. The van der Waals surface area contributed by atoms with Crippen molar-refractivity contribution in [3.8, 4) is 0 Å². The summed E-state index contributed by atoms with van der Waals surface area (Å²) in [5, 5.41) is 5.67. The molecule has 0 saturated carbocycles. The van der Waals surface area contributed by atoms with Crippen molar-refractivity contribution in [1.82, 2.24) is 15.5 Å². The second-order valence-corrected chi connectivity index (χ2v) is 7.03. The predicted octanol–water partition coefficient (Wildman–Crippen LogP) is 2.86. The first kappa shape index (κ1) is 19.7. The highest BCUT2D eigenvalue weighted by molar-refractivity contribution is 5.94. The highest BCUT2D eigenvalue weighted by atomic mass is 16.2. The van der Waals surface area contributed by atoms with Crippen molar-refractivity contribution in [1.29, 1.82) is 0 Å². The zero-order valence-corrected chi connectivity index (χ0v) is 16.4. The van der Waals surface area contributed by atoms with Crippen LogP contribution in [-0.4, -0.2) is 50.1 Å². The highest BCUT2D eigenvalue weighted by Gasteiger charge is 2.17. The van der Waals surface area contributed by atoms with E-state index in [1.165, 1.54) is 18.5 Å². The maximum Gasteiger partial charge on any atom is 0.317 e. The molecule has 1 aliphatic rings. The van der Waals surface area contributed by atoms with E-state index in [4.69, 9.17) is 0 Å². The molecular weight excluding hydrogens is 352 g/mol. The van der Waals surface area contributed by atoms with Gasteiger partial charge in [0.25, 0.3) is 5.91 Å². The Morgan fingerprint density at radius 2 is 1.57 bits per heavy atom. The van der Waals surface area contributed by atoms with Gasteiger partial charge in [-0.25, -0.2) is 4.79 Å². The summed E-state index contributed by atoms with van der Waals surface area (Å²) in [4.78, 5) is 28.4. The van der Waals surface area contributed by atoms with Gasteiger partial charge in [-0.15, -0.1) is 0 Å². The normalized spacial score (nSPS) is 13.2. The van der Waals surface area contributed by atoms with E-state index in [2.05, 4.69) is 27.7 Å². The van der Waals surface area contributed by atoms with Crippen LogP contribution in [0.1, 0.15) is 28.8 Å². The zero-order chi connectivity index (χ0) is 19.8. The molecule has 0 atom stereocenters. The number of benzene rings is 2. The van der Waals surface area contributed by atoms with Crippen molar-refractivity contribution in [3.05, 3.63) is 65.7 Å². The standard InChI is InChI=1S/C22H28N4O2/c1-25(17-19-11-5-6-12-20(19)26-15-7-8-16-26)22(28)24-14-13-23-21(27)18-9-3-2-4-10-18/h2-6,9-12H,7-8,13-17H2,1H3,(H,23,27)(H,24,28). The first-order chi connectivity index (χ1) is 13.6. The Balaban J connectivity index is 1.44. The molecule has 2 N–H and O–H groups in total. The number of amides is 3. The van der Waals surface area contributed by atoms with Gasteiger partial charge in [-0.3, -0.25) is 4.79 Å². The fraction of sp³-hybridized carbons (Fsp3) is 0.364. The number of hydrogen-bond donors (Lipinski definition) is 2. The molecule has 6 nitrogen and oxygen atoms in total. The molecule has 1 heterocycles. The monoisotopic (exact) mass is 380 g/mol. The van der Waals surface area contributed by atoms with Crippen LogP contribution in [0.15, 0.2) is 54.6 Å². The molecule has 0 unspecified atom stereocenters. The van der Waals surface area contributed by atoms with Gasteiger partial charge in [-0.05, 0) is 36.6 Å². The van der Waals surface area contributed by atoms with E-state index >= 15 is 0 Å². The van der Waals surface area contributed by atoms with Crippen molar-refractivity contribution >= 4 is 17.6 Å². The van der Waals surface area contributed by atoms with Gasteiger partial charge >= 0.3 is 6.03 Å². The number of nitrogens with one attached hydrogen (secondary N) is 2. The maximum atomic E-state index is 12.4. The molecule has 3 rings (SSSR count). The molecule has 28 heavy (non-hydrogen) atoms. The summed E-state index contributed by atoms with van der Waals surface area (Å²) in [6.07, 6.45) is 2.44. The van der Waals surface area contributed by atoms with Crippen LogP contribution in [0.5, 0.6) is 0 Å². The number of rotatable bonds is 7. The number of para-hydroxylation sites is 1. The van der Waals surface area contributed by atoms with Crippen LogP contribution >= 0.6 is 0 Å². The second-order valence-electron chi connectivity index (χ2n) is 7.03. The van der Waals surface area contributed by atoms with Gasteiger partial charge in [0.15, 0.2) is 0 Å². The van der Waals surface area contributed by atoms with Gasteiger partial charge in [-0.2, -0.15) is 0 Å². The van der Waals surface area contributed by atoms with Crippen molar-refractivity contribution in [2.75, 3.05) is 38.1 Å². The Labute approximate surface area is 166 Å². The molecule has 2 aromatic carbocycles. The molecule has 1 saturated heterocycles. The van der Waals surface area contributed by atoms with Crippen LogP contribution in [0.25, 0.3) is 0 Å². The summed E-state index contributed by atoms with van der Waals surface area (Å²) in [7, 11) is 1.79. The summed E-state index contributed by atoms with van der Waals surface area (Å²) < 4.78 is 0. The number of urea groups is 1. The van der Waals surface area contributed by atoms with E-state index in [-0.39, 0.29) is 11.9 Å². The molecule has 148 valence electrons. The van der Waals surface area contributed by atoms with Crippen LogP contribution in [0.2, 0.25) is 0 Å². The van der Waals surface area contributed by atoms with Crippen molar-refractivity contribution < 1.29 is 9.59 Å². The topological polar surface area (TPSA) is 64.7 Å². The Morgan fingerprint density at radius 1 is 0.929 bits per heavy atom. The third-order valence-corrected chi connectivity index (χ3v) is 4.92. The molecule has 3 amide bonds. The Hall–Kier alpha value is -3.02. The second kappa shape index (κ2) is 9.78. The number of anilines is 1. The molecule has 1 fully saturated rings. The first-order valence-corrected chi connectivity index (χ1v) is 9.80. The lowest BCUT2D eigenvalue weighted by Crippen LogP contribution is -2.41. The fourth-order valence-corrected chi connectivity index (χ4v) is 3.41. The van der Waals surface area contributed by atoms with E-state index in [0.717, 1.165) is 18.7 Å². The maximum absolute atomic E-state index is 12.4. The Kier molecular flexibility index (Phi) is 6.89. The Morgan fingerprint density at radius 3 is 2.32 bits per heavy atom. The summed E-state index contributed by atoms with van der Waals surface area (Å²) >= 11 is 0. The summed E-state index contributed by atoms with van der Waals surface area (Å²) in [5.74, 6) is -0.136. The van der Waals surface area contributed by atoms with Crippen molar-refractivity contribution in [3.63, 3.8) is 0 Å². The zero-order valence-electron chi connectivity index (χ0n) is 16.4. The molecule has 0 spiro atoms. The number of carbonyl (C=O) groups is 2. The molecule has 0 aliphatic carbocycles. The quantitative estimate of drug-likeness (QED) is 0.726. The highest BCUT2D eigenvalue weighted by Crippen LogP contribution is 2.25. The average molecular weight is 380 g/mol. The summed E-state index contributed by atoms with van der Waals surface area (Å²) in [6, 6.07) is 17.2. The van der Waals surface area contributed by atoms with Gasteiger partial charge in [0, 0.05) is 51.0 Å². The minimum atomic E-state index is -0.148. The number of hydrogen-bond acceptors (Lipinski definition) is 3. The van der Waals surface area contributed by atoms with Crippen LogP contribution in [-0.2, 0) is 6.54 Å². The van der Waals surface area contributed by atoms with Crippen molar-refractivity contribution in [2.24, 2.45) is 0 Å². The summed E-state index contributed by atoms with van der Waals surface area (Å²) in [6.45, 7) is 3.48. The Bertz CT molecular complexity index is 788. The number of nitrogens with zero attached hydrogens (tertiary/aromatic N) is 2. The third-order valence-electron chi connectivity index (χ3n) is 4.92. The van der Waals surface area contributed by atoms with Crippen LogP contribution in [0, 0.1) is 0 Å². The third kappa shape index (κ3) is 5.25. The molecule has 0 radical (unpaired) electrons. The van der Waals surface area contributed by atoms with Gasteiger partial charge in [0.05, 0.1) is 0 Å². The number of carbonyl (C=O) groups excluding carboxylic acids is 2. The minimum absolute atomic E-state index is 0.136. The molecule has 6 heteroatoms. The SMILES string of the molecule is CN(Cc1ccccc1N1CCCC1)C(=O)NCCNC(=O)c1ccccc1. The van der Waals surface area contributed by atoms with Gasteiger partial charge in [0.2, 0.25) is 0 Å². The minimum Gasteiger partial charge on any atom is -0.371 e. The van der Waals surface area contributed by atoms with Crippen LogP contribution in [0.3, 0.4) is 0 Å². The first-order valence-electron chi connectivity index (χ1n) is 9.80.